The van der Waals surface area contributed by atoms with Crippen molar-refractivity contribution >= 4 is 6.03 Å². The molecule has 126 valence electrons. The summed E-state index contributed by atoms with van der Waals surface area (Å²) in [5.41, 5.74) is -0.560. The van der Waals surface area contributed by atoms with Gasteiger partial charge in [0.1, 0.15) is 11.3 Å². The summed E-state index contributed by atoms with van der Waals surface area (Å²) in [6, 6.07) is 0.291. The maximum atomic E-state index is 12.4. The number of amides is 2. The number of carbonyl (C=O) groups excluding carboxylic acids is 1. The van der Waals surface area contributed by atoms with Gasteiger partial charge in [0.15, 0.2) is 0 Å². The highest BCUT2D eigenvalue weighted by Gasteiger charge is 2.46. The summed E-state index contributed by atoms with van der Waals surface area (Å²) in [6.45, 7) is 0.836. The molecule has 7 nitrogen and oxygen atoms in total. The molecule has 3 atom stereocenters. The molecule has 23 heavy (non-hydrogen) atoms. The first kappa shape index (κ1) is 14.9. The van der Waals surface area contributed by atoms with Crippen LogP contribution in [0, 0.1) is 11.8 Å². The van der Waals surface area contributed by atoms with E-state index in [0.29, 0.717) is 30.6 Å². The van der Waals surface area contributed by atoms with Crippen molar-refractivity contribution in [1.82, 2.24) is 25.6 Å². The van der Waals surface area contributed by atoms with Crippen LogP contribution >= 0.6 is 0 Å². The van der Waals surface area contributed by atoms with Crippen molar-refractivity contribution in [3.05, 3.63) is 11.9 Å². The van der Waals surface area contributed by atoms with E-state index in [1.54, 1.807) is 4.90 Å². The number of hydrogen-bond acceptors (Lipinski definition) is 4. The molecule has 1 aromatic heterocycles. The molecular formula is C16H25N5O2. The van der Waals surface area contributed by atoms with Crippen LogP contribution in [0.1, 0.15) is 50.6 Å². The molecule has 3 N–H and O–H groups in total. The van der Waals surface area contributed by atoms with Gasteiger partial charge in [-0.15, -0.1) is 0 Å². The number of β-amino-alcohol motifs (C(OH)–C–C–N with tert-alkyl or cyclic N) is 1. The van der Waals surface area contributed by atoms with E-state index in [9.17, 15) is 9.90 Å². The number of nitrogens with zero attached hydrogens (tertiary/aromatic N) is 3. The maximum Gasteiger partial charge on any atom is 0.317 e. The molecule has 7 heteroatoms. The van der Waals surface area contributed by atoms with Crippen LogP contribution in [0.2, 0.25) is 0 Å². The maximum absolute atomic E-state index is 12.4. The number of nitrogens with one attached hydrogen (secondary N) is 2. The molecule has 0 radical (unpaired) electrons. The molecule has 1 saturated heterocycles. The summed E-state index contributed by atoms with van der Waals surface area (Å²) in [7, 11) is 0. The van der Waals surface area contributed by atoms with Crippen molar-refractivity contribution in [3.63, 3.8) is 0 Å². The van der Waals surface area contributed by atoms with Crippen LogP contribution in [-0.2, 0) is 5.60 Å². The van der Waals surface area contributed by atoms with Gasteiger partial charge in [0.05, 0.1) is 12.7 Å². The Kier molecular flexibility index (Phi) is 3.75. The fraction of sp³-hybridized carbons (Fsp3) is 0.812. The van der Waals surface area contributed by atoms with Gasteiger partial charge in [-0.3, -0.25) is 0 Å². The molecule has 3 aliphatic rings. The SMILES string of the molecule is O=C(NC1CC1C1CCCCC1)N1CCC(O)(c2cn[nH]n2)C1. The second-order valence-corrected chi connectivity index (χ2v) is 7.41. The lowest BCUT2D eigenvalue weighted by molar-refractivity contribution is 0.0449. The highest BCUT2D eigenvalue weighted by Crippen LogP contribution is 2.44. The Labute approximate surface area is 135 Å². The number of aliphatic hydroxyl groups is 1. The zero-order valence-corrected chi connectivity index (χ0v) is 13.4. The van der Waals surface area contributed by atoms with E-state index in [2.05, 4.69) is 20.7 Å². The number of aromatic amines is 1. The lowest BCUT2D eigenvalue weighted by Crippen LogP contribution is -2.42. The monoisotopic (exact) mass is 319 g/mol. The van der Waals surface area contributed by atoms with E-state index < -0.39 is 5.60 Å². The van der Waals surface area contributed by atoms with Crippen LogP contribution in [0.3, 0.4) is 0 Å². The van der Waals surface area contributed by atoms with Crippen molar-refractivity contribution in [1.29, 1.82) is 0 Å². The van der Waals surface area contributed by atoms with Crippen LogP contribution in [0.4, 0.5) is 4.79 Å². The van der Waals surface area contributed by atoms with Gasteiger partial charge in [-0.25, -0.2) is 4.79 Å². The van der Waals surface area contributed by atoms with Gasteiger partial charge in [-0.2, -0.15) is 15.4 Å². The van der Waals surface area contributed by atoms with Gasteiger partial charge < -0.3 is 15.3 Å². The second kappa shape index (κ2) is 5.78. The molecule has 1 aliphatic heterocycles. The molecule has 2 heterocycles. The molecule has 0 spiro atoms. The largest absolute Gasteiger partial charge is 0.381 e. The lowest BCUT2D eigenvalue weighted by atomic mass is 9.85. The summed E-state index contributed by atoms with van der Waals surface area (Å²) >= 11 is 0. The van der Waals surface area contributed by atoms with Crippen LogP contribution in [-0.4, -0.2) is 50.6 Å². The minimum atomic E-state index is -1.07. The Bertz CT molecular complexity index is 557. The fourth-order valence-electron chi connectivity index (χ4n) is 4.32. The van der Waals surface area contributed by atoms with Gasteiger partial charge >= 0.3 is 6.03 Å². The molecule has 3 fully saturated rings. The fourth-order valence-corrected chi connectivity index (χ4v) is 4.32. The van der Waals surface area contributed by atoms with Gasteiger partial charge in [-0.05, 0) is 18.3 Å². The van der Waals surface area contributed by atoms with Crippen molar-refractivity contribution in [2.75, 3.05) is 13.1 Å². The number of urea groups is 1. The zero-order chi connectivity index (χ0) is 15.9. The minimum absolute atomic E-state index is 0.0484. The predicted octanol–water partition coefficient (Wildman–Crippen LogP) is 1.38. The number of likely N-dealkylation sites (tertiary alicyclic amines) is 1. The molecule has 2 saturated carbocycles. The quantitative estimate of drug-likeness (QED) is 0.784. The highest BCUT2D eigenvalue weighted by atomic mass is 16.3. The molecule has 0 aromatic carbocycles. The average Bonchev–Trinajstić information content (AvgIpc) is 2.98. The Morgan fingerprint density at radius 3 is 2.96 bits per heavy atom. The first-order valence-corrected chi connectivity index (χ1v) is 8.80. The number of aromatic nitrogens is 3. The van der Waals surface area contributed by atoms with Crippen LogP contribution < -0.4 is 5.32 Å². The third-order valence-corrected chi connectivity index (χ3v) is 5.83. The van der Waals surface area contributed by atoms with Gasteiger partial charge in [0.2, 0.25) is 0 Å². The number of hydrogen-bond donors (Lipinski definition) is 3. The number of carbonyl (C=O) groups is 1. The van der Waals surface area contributed by atoms with E-state index in [1.165, 1.54) is 38.3 Å². The van der Waals surface area contributed by atoms with E-state index in [-0.39, 0.29) is 12.6 Å². The second-order valence-electron chi connectivity index (χ2n) is 7.41. The van der Waals surface area contributed by atoms with Crippen molar-refractivity contribution in [2.45, 2.75) is 56.6 Å². The molecule has 0 bridgehead atoms. The Morgan fingerprint density at radius 1 is 1.39 bits per heavy atom. The van der Waals surface area contributed by atoms with E-state index >= 15 is 0 Å². The summed E-state index contributed by atoms with van der Waals surface area (Å²) in [5.74, 6) is 1.48. The van der Waals surface area contributed by atoms with Crippen LogP contribution in [0.5, 0.6) is 0 Å². The van der Waals surface area contributed by atoms with E-state index in [1.807, 2.05) is 0 Å². The van der Waals surface area contributed by atoms with Gasteiger partial charge in [0, 0.05) is 19.0 Å². The normalized spacial score (nSPS) is 34.6. The van der Waals surface area contributed by atoms with E-state index in [0.717, 1.165) is 12.3 Å². The van der Waals surface area contributed by atoms with E-state index in [4.69, 9.17) is 0 Å². The third kappa shape index (κ3) is 2.94. The first-order valence-electron chi connectivity index (χ1n) is 8.80. The summed E-state index contributed by atoms with van der Waals surface area (Å²) < 4.78 is 0. The van der Waals surface area contributed by atoms with Gasteiger partial charge in [0.25, 0.3) is 0 Å². The smallest absolute Gasteiger partial charge is 0.317 e. The van der Waals surface area contributed by atoms with Crippen LogP contribution in [0.25, 0.3) is 0 Å². The van der Waals surface area contributed by atoms with Crippen molar-refractivity contribution in [3.8, 4) is 0 Å². The first-order chi connectivity index (χ1) is 11.2. The molecule has 3 unspecified atom stereocenters. The molecule has 2 aliphatic carbocycles. The summed E-state index contributed by atoms with van der Waals surface area (Å²) in [4.78, 5) is 14.1. The standard InChI is InChI=1S/C16H25N5O2/c22-15(18-13-8-12(13)11-4-2-1-3-5-11)21-7-6-16(23,10-21)14-9-17-20-19-14/h9,11-13,23H,1-8,10H2,(H,18,22)(H,17,19,20). The summed E-state index contributed by atoms with van der Waals surface area (Å²) in [5, 5.41) is 24.0. The third-order valence-electron chi connectivity index (χ3n) is 5.83. The van der Waals surface area contributed by atoms with Crippen LogP contribution in [0.15, 0.2) is 6.20 Å². The Hall–Kier alpha value is -1.63. The summed E-state index contributed by atoms with van der Waals surface area (Å²) in [6.07, 6.45) is 9.87. The molecule has 1 aromatic rings. The molecule has 4 rings (SSSR count). The Morgan fingerprint density at radius 2 is 2.22 bits per heavy atom. The topological polar surface area (TPSA) is 94.1 Å². The predicted molar refractivity (Wildman–Crippen MR) is 83.5 cm³/mol. The minimum Gasteiger partial charge on any atom is -0.381 e. The van der Waals surface area contributed by atoms with Crippen molar-refractivity contribution < 1.29 is 9.90 Å². The lowest BCUT2D eigenvalue weighted by Gasteiger charge is -2.23. The molecule has 2 amide bonds. The molecular weight excluding hydrogens is 294 g/mol. The Balaban J connectivity index is 1.29. The number of rotatable bonds is 3. The highest BCUT2D eigenvalue weighted by molar-refractivity contribution is 5.75. The number of H-pyrrole nitrogens is 1. The van der Waals surface area contributed by atoms with Gasteiger partial charge in [-0.1, -0.05) is 32.1 Å². The average molecular weight is 319 g/mol. The zero-order valence-electron chi connectivity index (χ0n) is 13.4. The van der Waals surface area contributed by atoms with Crippen molar-refractivity contribution in [2.24, 2.45) is 11.8 Å².